The van der Waals surface area contributed by atoms with Gasteiger partial charge >= 0.3 is 5.69 Å². The van der Waals surface area contributed by atoms with E-state index in [1.165, 1.54) is 15.7 Å². The summed E-state index contributed by atoms with van der Waals surface area (Å²) in [6.07, 6.45) is 4.68. The number of hydrogen-bond acceptors (Lipinski definition) is 4. The third kappa shape index (κ3) is 4.93. The molecule has 5 nitrogen and oxygen atoms in total. The molecule has 0 fully saturated rings. The molecular weight excluding hydrogens is 384 g/mol. The van der Waals surface area contributed by atoms with Gasteiger partial charge < -0.3 is 9.67 Å². The second-order valence-corrected chi connectivity index (χ2v) is 8.64. The molecule has 0 radical (unpaired) electrons. The maximum Gasteiger partial charge on any atom is 0.330 e. The first-order chi connectivity index (χ1) is 13.8. The van der Waals surface area contributed by atoms with Crippen molar-refractivity contribution in [3.05, 3.63) is 78.5 Å². The third-order valence-electron chi connectivity index (χ3n) is 5.75. The predicted octanol–water partition coefficient (Wildman–Crippen LogP) is 2.79. The Labute approximate surface area is 177 Å². The van der Waals surface area contributed by atoms with Crippen LogP contribution in [0, 0.1) is 12.8 Å². The monoisotopic (exact) mass is 414 g/mol. The molecule has 0 saturated carbocycles. The number of thiol groups is 1. The van der Waals surface area contributed by atoms with Crippen LogP contribution in [0.25, 0.3) is 0 Å². The summed E-state index contributed by atoms with van der Waals surface area (Å²) in [5.74, 6) is 0.0931. The highest BCUT2D eigenvalue weighted by Gasteiger charge is 2.24. The van der Waals surface area contributed by atoms with Crippen LogP contribution in [0.4, 0.5) is 0 Å². The van der Waals surface area contributed by atoms with Crippen LogP contribution in [0.15, 0.2) is 44.8 Å². The Morgan fingerprint density at radius 3 is 2.59 bits per heavy atom. The van der Waals surface area contributed by atoms with E-state index in [-0.39, 0.29) is 23.7 Å². The number of rotatable bonds is 5. The molecule has 2 unspecified atom stereocenters. The van der Waals surface area contributed by atoms with E-state index in [1.807, 2.05) is 0 Å². The molecule has 1 aromatic carbocycles. The highest BCUT2D eigenvalue weighted by Crippen LogP contribution is 2.28. The molecule has 3 rings (SSSR count). The van der Waals surface area contributed by atoms with Crippen LogP contribution in [0.3, 0.4) is 0 Å². The zero-order valence-electron chi connectivity index (χ0n) is 17.4. The summed E-state index contributed by atoms with van der Waals surface area (Å²) in [5, 5.41) is 9.60. The normalized spacial score (nSPS) is 17.8. The maximum absolute atomic E-state index is 13.2. The van der Waals surface area contributed by atoms with Gasteiger partial charge in [0.25, 0.3) is 5.56 Å². The van der Waals surface area contributed by atoms with Gasteiger partial charge in [0.1, 0.15) is 0 Å². The van der Waals surface area contributed by atoms with Crippen molar-refractivity contribution in [1.29, 1.82) is 0 Å². The molecule has 156 valence electrons. The number of hydrogen-bond donors (Lipinski definition) is 2. The summed E-state index contributed by atoms with van der Waals surface area (Å²) in [6, 6.07) is 8.44. The second-order valence-electron chi connectivity index (χ2n) is 8.12. The molecule has 0 spiro atoms. The van der Waals surface area contributed by atoms with Crippen molar-refractivity contribution in [2.24, 2.45) is 13.0 Å². The van der Waals surface area contributed by atoms with Gasteiger partial charge in [-0.25, -0.2) is 4.79 Å². The fraction of sp³-hybridized carbons (Fsp3) is 0.478. The largest absolute Gasteiger partial charge is 0.393 e. The number of fused-ring (bicyclic) bond motifs is 1. The molecule has 1 aliphatic carbocycles. The topological polar surface area (TPSA) is 64.2 Å². The van der Waals surface area contributed by atoms with Crippen LogP contribution in [0.5, 0.6) is 0 Å². The average molecular weight is 415 g/mol. The Bertz CT molecular complexity index is 1020. The molecule has 2 aromatic rings. The van der Waals surface area contributed by atoms with E-state index in [9.17, 15) is 14.7 Å². The van der Waals surface area contributed by atoms with E-state index in [4.69, 9.17) is 12.6 Å². The summed E-state index contributed by atoms with van der Waals surface area (Å²) < 4.78 is 2.89. The molecule has 0 amide bonds. The fourth-order valence-corrected chi connectivity index (χ4v) is 4.28. The van der Waals surface area contributed by atoms with Gasteiger partial charge in [-0.1, -0.05) is 35.9 Å². The third-order valence-corrected chi connectivity index (χ3v) is 6.30. The second kappa shape index (κ2) is 9.18. The van der Waals surface area contributed by atoms with Crippen molar-refractivity contribution >= 4 is 12.6 Å². The van der Waals surface area contributed by atoms with Crippen molar-refractivity contribution in [3.63, 3.8) is 0 Å². The van der Waals surface area contributed by atoms with Crippen LogP contribution < -0.4 is 11.2 Å². The maximum atomic E-state index is 13.2. The minimum atomic E-state index is -0.560. The van der Waals surface area contributed by atoms with Gasteiger partial charge in [0, 0.05) is 24.8 Å². The number of aryl methyl sites for hydroxylation is 1. The summed E-state index contributed by atoms with van der Waals surface area (Å²) in [7, 11) is 1.74. The van der Waals surface area contributed by atoms with E-state index in [0.717, 1.165) is 23.4 Å². The minimum Gasteiger partial charge on any atom is -0.393 e. The highest BCUT2D eigenvalue weighted by molar-refractivity contribution is 7.84. The first kappa shape index (κ1) is 21.7. The summed E-state index contributed by atoms with van der Waals surface area (Å²) in [5.41, 5.74) is 3.42. The van der Waals surface area contributed by atoms with Gasteiger partial charge in [-0.05, 0) is 62.3 Å². The van der Waals surface area contributed by atoms with Crippen molar-refractivity contribution in [2.45, 2.75) is 58.6 Å². The van der Waals surface area contributed by atoms with Crippen LogP contribution in [0.2, 0.25) is 0 Å². The first-order valence-corrected chi connectivity index (χ1v) is 10.7. The summed E-state index contributed by atoms with van der Waals surface area (Å²) >= 11 is 4.74. The summed E-state index contributed by atoms with van der Waals surface area (Å²) in [4.78, 5) is 27.0. The lowest BCUT2D eigenvalue weighted by molar-refractivity contribution is 0.176. The van der Waals surface area contributed by atoms with E-state index in [2.05, 4.69) is 37.3 Å². The van der Waals surface area contributed by atoms with Gasteiger partial charge in [0.05, 0.1) is 6.10 Å². The SMILES string of the molecule is Cc1ccc(CC2Cc3c(n(C)c(=O)n(CCC(C)O)c3=O)CCC=C2S)cc1. The molecule has 1 aromatic heterocycles. The standard InChI is InChI=1S/C23H30N2O3S/c1-15-7-9-17(10-8-15)13-18-14-19-20(5-4-6-21(18)29)24(3)23(28)25(22(19)27)12-11-16(2)26/h6-10,16,18,26,29H,4-5,11-14H2,1-3H3. The lowest BCUT2D eigenvalue weighted by Crippen LogP contribution is -2.44. The summed E-state index contributed by atoms with van der Waals surface area (Å²) in [6.45, 7) is 3.96. The number of aliphatic hydroxyl groups excluding tert-OH is 1. The zero-order valence-corrected chi connectivity index (χ0v) is 18.3. The number of aliphatic hydroxyl groups is 1. The highest BCUT2D eigenvalue weighted by atomic mass is 32.1. The van der Waals surface area contributed by atoms with Gasteiger partial charge in [-0.3, -0.25) is 9.36 Å². The lowest BCUT2D eigenvalue weighted by atomic mass is 9.88. The van der Waals surface area contributed by atoms with E-state index < -0.39 is 6.10 Å². The number of benzene rings is 1. The Kier molecular flexibility index (Phi) is 6.85. The van der Waals surface area contributed by atoms with E-state index >= 15 is 0 Å². The average Bonchev–Trinajstić information content (AvgIpc) is 2.67. The minimum absolute atomic E-state index is 0.0931. The van der Waals surface area contributed by atoms with Crippen molar-refractivity contribution in [3.8, 4) is 0 Å². The Morgan fingerprint density at radius 1 is 1.24 bits per heavy atom. The molecule has 0 bridgehead atoms. The van der Waals surface area contributed by atoms with Gasteiger partial charge in [-0.2, -0.15) is 0 Å². The van der Waals surface area contributed by atoms with Crippen molar-refractivity contribution < 1.29 is 5.11 Å². The predicted molar refractivity (Wildman–Crippen MR) is 120 cm³/mol. The van der Waals surface area contributed by atoms with Crippen LogP contribution >= 0.6 is 12.6 Å². The Hall–Kier alpha value is -2.05. The molecule has 0 aliphatic heterocycles. The fourth-order valence-electron chi connectivity index (χ4n) is 3.97. The molecule has 2 atom stereocenters. The number of allylic oxidation sites excluding steroid dienone is 2. The van der Waals surface area contributed by atoms with Crippen molar-refractivity contribution in [1.82, 2.24) is 9.13 Å². The Morgan fingerprint density at radius 2 is 1.93 bits per heavy atom. The number of nitrogens with zero attached hydrogens (tertiary/aromatic N) is 2. The molecule has 29 heavy (non-hydrogen) atoms. The van der Waals surface area contributed by atoms with Gasteiger partial charge in [-0.15, -0.1) is 12.6 Å². The van der Waals surface area contributed by atoms with Gasteiger partial charge in [0.15, 0.2) is 0 Å². The molecule has 1 aliphatic rings. The number of aromatic nitrogens is 2. The van der Waals surface area contributed by atoms with E-state index in [0.29, 0.717) is 24.8 Å². The molecule has 6 heteroatoms. The first-order valence-electron chi connectivity index (χ1n) is 10.2. The Balaban J connectivity index is 2.01. The molecule has 1 N–H and O–H groups in total. The molecular formula is C23H30N2O3S. The lowest BCUT2D eigenvalue weighted by Gasteiger charge is -2.24. The quantitative estimate of drug-likeness (QED) is 0.740. The van der Waals surface area contributed by atoms with Crippen LogP contribution in [-0.2, 0) is 32.9 Å². The molecule has 1 heterocycles. The van der Waals surface area contributed by atoms with E-state index in [1.54, 1.807) is 18.5 Å². The van der Waals surface area contributed by atoms with Gasteiger partial charge in [0.2, 0.25) is 0 Å². The van der Waals surface area contributed by atoms with Crippen LogP contribution in [-0.4, -0.2) is 20.3 Å². The van der Waals surface area contributed by atoms with Crippen molar-refractivity contribution in [2.75, 3.05) is 0 Å². The van der Waals surface area contributed by atoms with Crippen LogP contribution in [0.1, 0.15) is 42.1 Å². The molecule has 0 saturated heterocycles. The smallest absolute Gasteiger partial charge is 0.330 e. The zero-order chi connectivity index (χ0) is 21.1.